The second-order valence-corrected chi connectivity index (χ2v) is 3.49. The fourth-order valence-corrected chi connectivity index (χ4v) is 1.64. The summed E-state index contributed by atoms with van der Waals surface area (Å²) < 4.78 is 13.4. The Morgan fingerprint density at radius 3 is 2.69 bits per heavy atom. The highest BCUT2D eigenvalue weighted by molar-refractivity contribution is 9.10. The quantitative estimate of drug-likeness (QED) is 0.738. The maximum atomic E-state index is 12.9. The highest BCUT2D eigenvalue weighted by atomic mass is 79.9. The maximum absolute atomic E-state index is 12.9. The highest BCUT2D eigenvalue weighted by Crippen LogP contribution is 2.32. The van der Waals surface area contributed by atoms with Crippen LogP contribution in [-0.2, 0) is 0 Å². The molecule has 5 N–H and O–H groups in total. The van der Waals surface area contributed by atoms with Crippen LogP contribution in [0.1, 0.15) is 11.6 Å². The first kappa shape index (κ1) is 10.4. The Kier molecular flexibility index (Phi) is 3.24. The second kappa shape index (κ2) is 4.04. The third-order valence-corrected chi connectivity index (χ3v) is 2.43. The zero-order valence-corrected chi connectivity index (χ0v) is 8.38. The molecule has 0 amide bonds. The molecule has 3 nitrogen and oxygen atoms in total. The van der Waals surface area contributed by atoms with Gasteiger partial charge in [-0.3, -0.25) is 0 Å². The molecule has 0 unspecified atom stereocenters. The molecular weight excluding hydrogens is 239 g/mol. The van der Waals surface area contributed by atoms with Crippen molar-refractivity contribution in [3.63, 3.8) is 0 Å². The summed E-state index contributed by atoms with van der Waals surface area (Å²) in [7, 11) is 0. The summed E-state index contributed by atoms with van der Waals surface area (Å²) in [6, 6.07) is 2.08. The molecule has 0 radical (unpaired) electrons. The molecule has 5 heteroatoms. The number of hydrogen-bond donors (Lipinski definition) is 3. The number of rotatable bonds is 2. The van der Waals surface area contributed by atoms with Gasteiger partial charge in [0.05, 0.1) is 0 Å². The SMILES string of the molecule is NC[C@@H](N)c1c(Br)ccc(F)c1O. The average molecular weight is 249 g/mol. The van der Waals surface area contributed by atoms with Gasteiger partial charge in [-0.15, -0.1) is 0 Å². The van der Waals surface area contributed by atoms with E-state index in [2.05, 4.69) is 15.9 Å². The summed E-state index contributed by atoms with van der Waals surface area (Å²) in [5.74, 6) is -1.13. The lowest BCUT2D eigenvalue weighted by molar-refractivity contribution is 0.420. The van der Waals surface area contributed by atoms with E-state index in [1.54, 1.807) is 0 Å². The first-order chi connectivity index (χ1) is 6.07. The number of halogens is 2. The lowest BCUT2D eigenvalue weighted by Gasteiger charge is -2.13. The van der Waals surface area contributed by atoms with E-state index >= 15 is 0 Å². The minimum absolute atomic E-state index is 0.148. The van der Waals surface area contributed by atoms with Crippen molar-refractivity contribution in [2.45, 2.75) is 6.04 Å². The first-order valence-corrected chi connectivity index (χ1v) is 4.49. The van der Waals surface area contributed by atoms with E-state index in [9.17, 15) is 9.50 Å². The van der Waals surface area contributed by atoms with Crippen LogP contribution < -0.4 is 11.5 Å². The van der Waals surface area contributed by atoms with Crippen molar-refractivity contribution in [2.75, 3.05) is 6.54 Å². The lowest BCUT2D eigenvalue weighted by Crippen LogP contribution is -2.21. The molecule has 1 aromatic rings. The van der Waals surface area contributed by atoms with E-state index in [0.717, 1.165) is 6.07 Å². The van der Waals surface area contributed by atoms with Gasteiger partial charge in [-0.25, -0.2) is 4.39 Å². The third kappa shape index (κ3) is 1.99. The molecule has 0 heterocycles. The minimum atomic E-state index is -0.692. The predicted octanol–water partition coefficient (Wildman–Crippen LogP) is 1.25. The molecule has 0 aliphatic carbocycles. The molecule has 0 bridgehead atoms. The van der Waals surface area contributed by atoms with Crippen LogP contribution in [0.3, 0.4) is 0 Å². The molecule has 0 aromatic heterocycles. The molecule has 0 aliphatic rings. The van der Waals surface area contributed by atoms with Crippen molar-refractivity contribution < 1.29 is 9.50 Å². The van der Waals surface area contributed by atoms with Crippen molar-refractivity contribution in [2.24, 2.45) is 11.5 Å². The number of phenols is 1. The van der Waals surface area contributed by atoms with Gasteiger partial charge < -0.3 is 16.6 Å². The number of benzene rings is 1. The number of phenolic OH excluding ortho intramolecular Hbond substituents is 1. The van der Waals surface area contributed by atoms with Gasteiger partial charge in [-0.1, -0.05) is 15.9 Å². The van der Waals surface area contributed by atoms with E-state index in [-0.39, 0.29) is 6.54 Å². The Hall–Kier alpha value is -0.650. The largest absolute Gasteiger partial charge is 0.505 e. The van der Waals surface area contributed by atoms with E-state index in [4.69, 9.17) is 11.5 Å². The standard InChI is InChI=1S/C8H10BrFN2O/c9-4-1-2-5(10)8(13)7(4)6(12)3-11/h1-2,6,13H,3,11-12H2/t6-/m1/s1. The Morgan fingerprint density at radius 1 is 1.54 bits per heavy atom. The summed E-state index contributed by atoms with van der Waals surface area (Å²) >= 11 is 3.16. The smallest absolute Gasteiger partial charge is 0.165 e. The summed E-state index contributed by atoms with van der Waals surface area (Å²) in [5, 5.41) is 9.34. The van der Waals surface area contributed by atoms with Crippen LogP contribution in [0.15, 0.2) is 16.6 Å². The van der Waals surface area contributed by atoms with Gasteiger partial charge in [0.25, 0.3) is 0 Å². The Labute approximate surface area is 83.7 Å². The van der Waals surface area contributed by atoms with Crippen LogP contribution in [0, 0.1) is 5.82 Å². The fourth-order valence-electron chi connectivity index (χ4n) is 1.03. The monoisotopic (exact) mass is 248 g/mol. The van der Waals surface area contributed by atoms with Crippen LogP contribution in [-0.4, -0.2) is 11.7 Å². The summed E-state index contributed by atoms with van der Waals surface area (Å²) in [4.78, 5) is 0. The van der Waals surface area contributed by atoms with E-state index in [1.807, 2.05) is 0 Å². The predicted molar refractivity (Wildman–Crippen MR) is 51.7 cm³/mol. The van der Waals surface area contributed by atoms with Crippen molar-refractivity contribution in [1.82, 2.24) is 0 Å². The molecule has 0 saturated heterocycles. The normalized spacial score (nSPS) is 12.9. The molecule has 0 saturated carbocycles. The van der Waals surface area contributed by atoms with Gasteiger partial charge >= 0.3 is 0 Å². The number of nitrogens with two attached hydrogens (primary N) is 2. The van der Waals surface area contributed by atoms with Crippen LogP contribution in [0.4, 0.5) is 4.39 Å². The molecule has 0 aliphatic heterocycles. The maximum Gasteiger partial charge on any atom is 0.165 e. The number of aromatic hydroxyl groups is 1. The molecule has 1 rings (SSSR count). The average Bonchev–Trinajstić information content (AvgIpc) is 2.12. The first-order valence-electron chi connectivity index (χ1n) is 3.70. The molecule has 13 heavy (non-hydrogen) atoms. The van der Waals surface area contributed by atoms with Gasteiger partial charge in [0.2, 0.25) is 0 Å². The lowest BCUT2D eigenvalue weighted by atomic mass is 10.1. The zero-order chi connectivity index (χ0) is 10.0. The van der Waals surface area contributed by atoms with Crippen LogP contribution in [0.25, 0.3) is 0 Å². The van der Waals surface area contributed by atoms with Crippen molar-refractivity contribution >= 4 is 15.9 Å². The van der Waals surface area contributed by atoms with Crippen molar-refractivity contribution in [1.29, 1.82) is 0 Å². The Bertz CT molecular complexity index is 319. The summed E-state index contributed by atoms with van der Waals surface area (Å²) in [6.07, 6.45) is 0. The molecule has 1 atom stereocenters. The van der Waals surface area contributed by atoms with Crippen LogP contribution >= 0.6 is 15.9 Å². The topological polar surface area (TPSA) is 72.3 Å². The van der Waals surface area contributed by atoms with E-state index < -0.39 is 17.6 Å². The minimum Gasteiger partial charge on any atom is -0.505 e. The van der Waals surface area contributed by atoms with Crippen LogP contribution in [0.2, 0.25) is 0 Å². The number of hydrogen-bond acceptors (Lipinski definition) is 3. The summed E-state index contributed by atoms with van der Waals surface area (Å²) in [5.41, 5.74) is 11.2. The van der Waals surface area contributed by atoms with Crippen LogP contribution in [0.5, 0.6) is 5.75 Å². The van der Waals surface area contributed by atoms with E-state index in [0.29, 0.717) is 10.0 Å². The third-order valence-electron chi connectivity index (χ3n) is 1.74. The fraction of sp³-hybridized carbons (Fsp3) is 0.250. The Balaban J connectivity index is 3.25. The van der Waals surface area contributed by atoms with Gasteiger partial charge in [-0.05, 0) is 12.1 Å². The van der Waals surface area contributed by atoms with Gasteiger partial charge in [0, 0.05) is 22.6 Å². The van der Waals surface area contributed by atoms with Crippen molar-refractivity contribution in [3.8, 4) is 5.75 Å². The van der Waals surface area contributed by atoms with Gasteiger partial charge in [0.15, 0.2) is 11.6 Å². The van der Waals surface area contributed by atoms with Gasteiger partial charge in [0.1, 0.15) is 0 Å². The highest BCUT2D eigenvalue weighted by Gasteiger charge is 2.16. The zero-order valence-electron chi connectivity index (χ0n) is 6.80. The molecule has 0 fully saturated rings. The van der Waals surface area contributed by atoms with Crippen molar-refractivity contribution in [3.05, 3.63) is 28.0 Å². The summed E-state index contributed by atoms with van der Waals surface area (Å²) in [6.45, 7) is 0.148. The Morgan fingerprint density at radius 2 is 2.15 bits per heavy atom. The second-order valence-electron chi connectivity index (χ2n) is 2.63. The van der Waals surface area contributed by atoms with E-state index in [1.165, 1.54) is 6.07 Å². The molecular formula is C8H10BrFN2O. The molecule has 72 valence electrons. The molecule has 0 spiro atoms. The molecule has 1 aromatic carbocycles. The van der Waals surface area contributed by atoms with Gasteiger partial charge in [-0.2, -0.15) is 0 Å².